The quantitative estimate of drug-likeness (QED) is 0.490. The number of fused-ring (bicyclic) bond motifs is 5. The first-order valence-corrected chi connectivity index (χ1v) is 12.7. The molecular weight excluding hydrogens is 326 g/mol. The van der Waals surface area contributed by atoms with Crippen LogP contribution in [0, 0.1) is 46.3 Å². The maximum atomic E-state index is 6.06. The Morgan fingerprint density at radius 3 is 2.37 bits per heavy atom. The van der Waals surface area contributed by atoms with E-state index < -0.39 is 0 Å². The Morgan fingerprint density at radius 2 is 1.59 bits per heavy atom. The van der Waals surface area contributed by atoms with Gasteiger partial charge in [-0.25, -0.2) is 0 Å². The topological polar surface area (TPSA) is 26.0 Å². The summed E-state index contributed by atoms with van der Waals surface area (Å²) in [7, 11) is 0. The Labute approximate surface area is 169 Å². The van der Waals surface area contributed by atoms with E-state index in [9.17, 15) is 0 Å². The Kier molecular flexibility index (Phi) is 6.00. The zero-order valence-corrected chi connectivity index (χ0v) is 18.6. The van der Waals surface area contributed by atoms with Crippen LogP contribution in [0.15, 0.2) is 0 Å². The first-order chi connectivity index (χ1) is 13.0. The molecule has 4 unspecified atom stereocenters. The molecule has 0 amide bonds. The first-order valence-electron chi connectivity index (χ1n) is 12.7. The van der Waals surface area contributed by atoms with Gasteiger partial charge in [-0.1, -0.05) is 46.5 Å². The highest BCUT2D eigenvalue weighted by molar-refractivity contribution is 5.09. The van der Waals surface area contributed by atoms with Crippen molar-refractivity contribution in [2.75, 3.05) is 6.54 Å². The molecule has 27 heavy (non-hydrogen) atoms. The monoisotopic (exact) mass is 373 g/mol. The van der Waals surface area contributed by atoms with E-state index in [1.165, 1.54) is 57.8 Å². The largest absolute Gasteiger partial charge is 0.330 e. The zero-order chi connectivity index (χ0) is 19.1. The predicted molar refractivity (Wildman–Crippen MR) is 117 cm³/mol. The lowest BCUT2D eigenvalue weighted by atomic mass is 9.44. The summed E-state index contributed by atoms with van der Waals surface area (Å²) in [5.74, 6) is 5.99. The molecule has 4 fully saturated rings. The van der Waals surface area contributed by atoms with Crippen LogP contribution in [0.2, 0.25) is 0 Å². The van der Waals surface area contributed by atoms with E-state index in [4.69, 9.17) is 5.73 Å². The second-order valence-electron chi connectivity index (χ2n) is 11.7. The fraction of sp³-hybridized carbons (Fsp3) is 1.00. The van der Waals surface area contributed by atoms with Crippen LogP contribution < -0.4 is 5.73 Å². The van der Waals surface area contributed by atoms with E-state index in [0.717, 1.165) is 42.1 Å². The maximum Gasteiger partial charge on any atom is -0.00488 e. The van der Waals surface area contributed by atoms with Crippen LogP contribution in [0.4, 0.5) is 0 Å². The van der Waals surface area contributed by atoms with Crippen LogP contribution in [0.3, 0.4) is 0 Å². The van der Waals surface area contributed by atoms with Gasteiger partial charge in [0.1, 0.15) is 0 Å². The van der Waals surface area contributed by atoms with E-state index in [1.807, 2.05) is 0 Å². The molecule has 2 N–H and O–H groups in total. The molecule has 0 bridgehead atoms. The number of unbranched alkanes of at least 4 members (excludes halogenated alkanes) is 3. The summed E-state index contributed by atoms with van der Waals surface area (Å²) in [5, 5.41) is 0. The summed E-state index contributed by atoms with van der Waals surface area (Å²) >= 11 is 0. The Morgan fingerprint density at radius 1 is 0.815 bits per heavy atom. The molecule has 4 rings (SSSR count). The SMILES string of the molecule is CCCCCC[C@H]1CCC2C3CCC4C[C@@H](CN)CC[C@]4(C)C3CC[C@@]21C. The van der Waals surface area contributed by atoms with E-state index in [-0.39, 0.29) is 0 Å². The van der Waals surface area contributed by atoms with Crippen molar-refractivity contribution in [1.82, 2.24) is 0 Å². The summed E-state index contributed by atoms with van der Waals surface area (Å²) in [6, 6.07) is 0. The Hall–Kier alpha value is -0.0400. The van der Waals surface area contributed by atoms with Gasteiger partial charge in [0.25, 0.3) is 0 Å². The second kappa shape index (κ2) is 8.00. The highest BCUT2D eigenvalue weighted by Gasteiger charge is 2.59. The molecule has 0 aliphatic heterocycles. The molecule has 0 heterocycles. The summed E-state index contributed by atoms with van der Waals surface area (Å²) in [5.41, 5.74) is 7.40. The lowest BCUT2D eigenvalue weighted by Gasteiger charge is -2.61. The van der Waals surface area contributed by atoms with Gasteiger partial charge in [-0.05, 0) is 117 Å². The van der Waals surface area contributed by atoms with E-state index in [0.29, 0.717) is 10.8 Å². The number of nitrogens with two attached hydrogens (primary N) is 1. The van der Waals surface area contributed by atoms with E-state index in [1.54, 1.807) is 32.1 Å². The average molecular weight is 374 g/mol. The summed E-state index contributed by atoms with van der Waals surface area (Å²) in [6.07, 6.45) is 20.9. The summed E-state index contributed by atoms with van der Waals surface area (Å²) in [4.78, 5) is 0. The van der Waals surface area contributed by atoms with Gasteiger partial charge in [0, 0.05) is 0 Å². The van der Waals surface area contributed by atoms with Crippen LogP contribution >= 0.6 is 0 Å². The molecule has 4 aliphatic rings. The smallest absolute Gasteiger partial charge is 0.00488 e. The maximum absolute atomic E-state index is 6.06. The molecular formula is C26H47N. The van der Waals surface area contributed by atoms with Gasteiger partial charge in [-0.3, -0.25) is 0 Å². The van der Waals surface area contributed by atoms with Gasteiger partial charge >= 0.3 is 0 Å². The fourth-order valence-corrected chi connectivity index (χ4v) is 8.96. The van der Waals surface area contributed by atoms with Crippen molar-refractivity contribution in [3.8, 4) is 0 Å². The molecule has 0 aromatic carbocycles. The van der Waals surface area contributed by atoms with Gasteiger partial charge in [0.2, 0.25) is 0 Å². The molecule has 4 aliphatic carbocycles. The second-order valence-corrected chi connectivity index (χ2v) is 11.7. The lowest BCUT2D eigenvalue weighted by molar-refractivity contribution is -0.117. The molecule has 1 nitrogen and oxygen atoms in total. The van der Waals surface area contributed by atoms with Crippen molar-refractivity contribution in [2.24, 2.45) is 52.1 Å². The standard InChI is InChI=1S/C26H47N/c1-4-5-6-7-8-20-10-12-23-22-11-9-21-17-19(18-27)13-15-26(21,3)24(22)14-16-25(20,23)2/h19-24H,4-18,27H2,1-3H3/t19-,20-,21?,22?,23?,24?,25+,26-/m0/s1. The number of hydrogen-bond donors (Lipinski definition) is 1. The Balaban J connectivity index is 1.44. The molecule has 0 spiro atoms. The van der Waals surface area contributed by atoms with Gasteiger partial charge in [-0.15, -0.1) is 0 Å². The van der Waals surface area contributed by atoms with Gasteiger partial charge in [0.05, 0.1) is 0 Å². The minimum Gasteiger partial charge on any atom is -0.330 e. The molecule has 8 atom stereocenters. The third kappa shape index (κ3) is 3.43. The van der Waals surface area contributed by atoms with E-state index >= 15 is 0 Å². The molecule has 156 valence electrons. The van der Waals surface area contributed by atoms with Crippen LogP contribution in [-0.2, 0) is 0 Å². The van der Waals surface area contributed by atoms with Crippen molar-refractivity contribution in [3.63, 3.8) is 0 Å². The van der Waals surface area contributed by atoms with Crippen molar-refractivity contribution in [2.45, 2.75) is 111 Å². The van der Waals surface area contributed by atoms with Crippen molar-refractivity contribution in [1.29, 1.82) is 0 Å². The molecule has 0 saturated heterocycles. The molecule has 0 aromatic heterocycles. The lowest BCUT2D eigenvalue weighted by Crippen LogP contribution is -2.53. The Bertz CT molecular complexity index is 500. The molecule has 0 radical (unpaired) electrons. The summed E-state index contributed by atoms with van der Waals surface area (Å²) < 4.78 is 0. The van der Waals surface area contributed by atoms with Gasteiger partial charge in [0.15, 0.2) is 0 Å². The predicted octanol–water partition coefficient (Wildman–Crippen LogP) is 7.19. The average Bonchev–Trinajstić information content (AvgIpc) is 3.01. The number of rotatable bonds is 6. The minimum atomic E-state index is 0.648. The van der Waals surface area contributed by atoms with Crippen LogP contribution in [-0.4, -0.2) is 6.54 Å². The number of hydrogen-bond acceptors (Lipinski definition) is 1. The van der Waals surface area contributed by atoms with Crippen LogP contribution in [0.25, 0.3) is 0 Å². The van der Waals surface area contributed by atoms with Crippen LogP contribution in [0.1, 0.15) is 111 Å². The molecule has 0 aromatic rings. The van der Waals surface area contributed by atoms with Crippen molar-refractivity contribution in [3.05, 3.63) is 0 Å². The van der Waals surface area contributed by atoms with Gasteiger partial charge < -0.3 is 5.73 Å². The van der Waals surface area contributed by atoms with Crippen LogP contribution in [0.5, 0.6) is 0 Å². The summed E-state index contributed by atoms with van der Waals surface area (Å²) in [6.45, 7) is 8.71. The highest BCUT2D eigenvalue weighted by Crippen LogP contribution is 2.68. The molecule has 1 heteroatoms. The van der Waals surface area contributed by atoms with E-state index in [2.05, 4.69) is 20.8 Å². The fourth-order valence-electron chi connectivity index (χ4n) is 8.96. The first kappa shape index (κ1) is 20.2. The molecule has 4 saturated carbocycles. The highest BCUT2D eigenvalue weighted by atomic mass is 14.7. The van der Waals surface area contributed by atoms with Crippen molar-refractivity contribution >= 4 is 0 Å². The third-order valence-corrected chi connectivity index (χ3v) is 10.7. The van der Waals surface area contributed by atoms with Crippen molar-refractivity contribution < 1.29 is 0 Å². The normalized spacial score (nSPS) is 49.3. The minimum absolute atomic E-state index is 0.648. The zero-order valence-electron chi connectivity index (χ0n) is 18.6. The third-order valence-electron chi connectivity index (χ3n) is 10.7. The van der Waals surface area contributed by atoms with Gasteiger partial charge in [-0.2, -0.15) is 0 Å².